The molecule has 0 saturated carbocycles. The number of nitrogens with one attached hydrogen (secondary N) is 1. The van der Waals surface area contributed by atoms with Crippen molar-refractivity contribution in [1.82, 2.24) is 10.2 Å². The van der Waals surface area contributed by atoms with E-state index in [-0.39, 0.29) is 23.0 Å². The molecule has 1 fully saturated rings. The van der Waals surface area contributed by atoms with Crippen LogP contribution in [0.15, 0.2) is 46.8 Å². The number of piperidine rings is 1. The molecular weight excluding hydrogens is 410 g/mol. The number of ketones is 1. The minimum absolute atomic E-state index is 0.0747. The van der Waals surface area contributed by atoms with Crippen molar-refractivity contribution in [2.75, 3.05) is 31.1 Å². The van der Waals surface area contributed by atoms with Gasteiger partial charge >= 0.3 is 0 Å². The normalized spacial score (nSPS) is 22.8. The van der Waals surface area contributed by atoms with Crippen molar-refractivity contribution in [1.29, 1.82) is 0 Å². The quantitative estimate of drug-likeness (QED) is 0.675. The van der Waals surface area contributed by atoms with Gasteiger partial charge in [0.2, 0.25) is 0 Å². The molecule has 1 aromatic carbocycles. The van der Waals surface area contributed by atoms with Gasteiger partial charge in [-0.25, -0.2) is 0 Å². The number of benzene rings is 1. The van der Waals surface area contributed by atoms with E-state index in [1.54, 1.807) is 0 Å². The lowest BCUT2D eigenvalue weighted by Crippen LogP contribution is -2.43. The van der Waals surface area contributed by atoms with Crippen LogP contribution in [0.2, 0.25) is 0 Å². The largest absolute Gasteiger partial charge is 0.372 e. The molecule has 1 atom stereocenters. The number of Topliss-reactive ketones (excluding diaryl/α,β-unsaturated/α-hetero) is 1. The SMILES string of the molecule is CCN(CC)c1ccc([C@@H]2C(C(=O)N3CCCCC3)=C(C)NC3=C2C(=O)CC(C)(C)C3)cc1. The van der Waals surface area contributed by atoms with E-state index in [0.717, 1.165) is 73.5 Å². The number of hydrogen-bond donors (Lipinski definition) is 1. The van der Waals surface area contributed by atoms with Crippen molar-refractivity contribution in [3.05, 3.63) is 52.4 Å². The lowest BCUT2D eigenvalue weighted by molar-refractivity contribution is -0.128. The summed E-state index contributed by atoms with van der Waals surface area (Å²) in [4.78, 5) is 31.6. The fourth-order valence-electron chi connectivity index (χ4n) is 5.79. The predicted octanol–water partition coefficient (Wildman–Crippen LogP) is 5.15. The Kier molecular flexibility index (Phi) is 6.69. The Morgan fingerprint density at radius 1 is 1.06 bits per heavy atom. The molecule has 33 heavy (non-hydrogen) atoms. The van der Waals surface area contributed by atoms with Gasteiger partial charge in [0, 0.05) is 66.7 Å². The monoisotopic (exact) mass is 449 g/mol. The van der Waals surface area contributed by atoms with Gasteiger partial charge in [-0.3, -0.25) is 9.59 Å². The second kappa shape index (κ2) is 9.36. The van der Waals surface area contributed by atoms with Crippen molar-refractivity contribution < 1.29 is 9.59 Å². The van der Waals surface area contributed by atoms with Crippen molar-refractivity contribution in [2.45, 2.75) is 72.6 Å². The molecule has 0 unspecified atom stereocenters. The number of carbonyl (C=O) groups is 2. The number of likely N-dealkylation sites (tertiary alicyclic amines) is 1. The van der Waals surface area contributed by atoms with Crippen molar-refractivity contribution >= 4 is 17.4 Å². The third-order valence-electron chi connectivity index (χ3n) is 7.47. The summed E-state index contributed by atoms with van der Waals surface area (Å²) >= 11 is 0. The van der Waals surface area contributed by atoms with E-state index in [1.807, 2.05) is 11.8 Å². The fraction of sp³-hybridized carbons (Fsp3) is 0.571. The molecule has 1 aliphatic carbocycles. The number of amides is 1. The van der Waals surface area contributed by atoms with E-state index in [4.69, 9.17) is 0 Å². The van der Waals surface area contributed by atoms with Gasteiger partial charge in [0.05, 0.1) is 0 Å². The molecule has 1 aromatic rings. The maximum absolute atomic E-state index is 13.8. The summed E-state index contributed by atoms with van der Waals surface area (Å²) in [6, 6.07) is 8.52. The Hall–Kier alpha value is -2.56. The summed E-state index contributed by atoms with van der Waals surface area (Å²) in [5, 5.41) is 3.50. The number of carbonyl (C=O) groups excluding carboxylic acids is 2. The topological polar surface area (TPSA) is 52.7 Å². The first kappa shape index (κ1) is 23.6. The highest BCUT2D eigenvalue weighted by molar-refractivity contribution is 6.05. The molecular formula is C28H39N3O2. The highest BCUT2D eigenvalue weighted by Gasteiger charge is 2.43. The second-order valence-corrected chi connectivity index (χ2v) is 10.5. The molecule has 0 bridgehead atoms. The second-order valence-electron chi connectivity index (χ2n) is 10.5. The van der Waals surface area contributed by atoms with Crippen LogP contribution in [0, 0.1) is 5.41 Å². The Bertz CT molecular complexity index is 977. The standard InChI is InChI=1S/C28H39N3O2/c1-6-30(7-2)21-13-11-20(12-14-21)25-24(27(33)31-15-9-8-10-16-31)19(3)29-22-17-28(4,5)18-23(32)26(22)25/h11-14,25,29H,6-10,15-18H2,1-5H3/t25-/m1/s1. The molecule has 1 N–H and O–H groups in total. The lowest BCUT2D eigenvalue weighted by Gasteiger charge is -2.41. The maximum atomic E-state index is 13.8. The summed E-state index contributed by atoms with van der Waals surface area (Å²) in [6.45, 7) is 14.1. The van der Waals surface area contributed by atoms with Crippen LogP contribution in [0.4, 0.5) is 5.69 Å². The summed E-state index contributed by atoms with van der Waals surface area (Å²) in [6.07, 6.45) is 4.63. The molecule has 1 amide bonds. The van der Waals surface area contributed by atoms with Gasteiger partial charge in [0.15, 0.2) is 5.78 Å². The Morgan fingerprint density at radius 2 is 1.70 bits per heavy atom. The first-order chi connectivity index (χ1) is 15.8. The number of dihydropyridines is 1. The van der Waals surface area contributed by atoms with E-state index in [1.165, 1.54) is 12.1 Å². The average Bonchev–Trinajstić information content (AvgIpc) is 2.79. The summed E-state index contributed by atoms with van der Waals surface area (Å²) in [7, 11) is 0. The third-order valence-corrected chi connectivity index (χ3v) is 7.47. The van der Waals surface area contributed by atoms with Gasteiger partial charge in [-0.15, -0.1) is 0 Å². The third kappa shape index (κ3) is 4.60. The zero-order chi connectivity index (χ0) is 23.8. The smallest absolute Gasteiger partial charge is 0.252 e. The Morgan fingerprint density at radius 3 is 2.30 bits per heavy atom. The molecule has 0 aromatic heterocycles. The van der Waals surface area contributed by atoms with E-state index in [9.17, 15) is 9.59 Å². The zero-order valence-electron chi connectivity index (χ0n) is 21.0. The molecule has 5 nitrogen and oxygen atoms in total. The molecule has 2 aliphatic heterocycles. The van der Waals surface area contributed by atoms with Gasteiger partial charge in [-0.2, -0.15) is 0 Å². The van der Waals surface area contributed by atoms with Crippen molar-refractivity contribution in [3.63, 3.8) is 0 Å². The summed E-state index contributed by atoms with van der Waals surface area (Å²) in [5.74, 6) is -0.0465. The number of rotatable bonds is 5. The van der Waals surface area contributed by atoms with Gasteiger partial charge in [0.25, 0.3) is 5.91 Å². The van der Waals surface area contributed by atoms with Crippen LogP contribution in [0.3, 0.4) is 0 Å². The van der Waals surface area contributed by atoms with Crippen LogP contribution in [0.1, 0.15) is 78.2 Å². The lowest BCUT2D eigenvalue weighted by atomic mass is 9.68. The first-order valence-electron chi connectivity index (χ1n) is 12.6. The van der Waals surface area contributed by atoms with Gasteiger partial charge in [-0.1, -0.05) is 26.0 Å². The maximum Gasteiger partial charge on any atom is 0.252 e. The number of nitrogens with zero attached hydrogens (tertiary/aromatic N) is 2. The van der Waals surface area contributed by atoms with Crippen LogP contribution in [0.5, 0.6) is 0 Å². The van der Waals surface area contributed by atoms with Crippen LogP contribution >= 0.6 is 0 Å². The molecule has 4 rings (SSSR count). The van der Waals surface area contributed by atoms with Gasteiger partial charge in [-0.05, 0) is 69.6 Å². The molecule has 0 radical (unpaired) electrons. The number of hydrogen-bond acceptors (Lipinski definition) is 4. The Balaban J connectivity index is 1.79. The Labute approximate surface area is 198 Å². The summed E-state index contributed by atoms with van der Waals surface area (Å²) in [5.41, 5.74) is 5.58. The van der Waals surface area contributed by atoms with Crippen LogP contribution in [-0.2, 0) is 9.59 Å². The molecule has 3 aliphatic rings. The molecule has 1 saturated heterocycles. The van der Waals surface area contributed by atoms with Crippen molar-refractivity contribution in [2.24, 2.45) is 5.41 Å². The van der Waals surface area contributed by atoms with E-state index >= 15 is 0 Å². The minimum Gasteiger partial charge on any atom is -0.372 e. The van der Waals surface area contributed by atoms with E-state index in [0.29, 0.717) is 6.42 Å². The van der Waals surface area contributed by atoms with Gasteiger partial charge < -0.3 is 15.1 Å². The van der Waals surface area contributed by atoms with Gasteiger partial charge in [0.1, 0.15) is 0 Å². The zero-order valence-corrected chi connectivity index (χ0v) is 21.0. The number of allylic oxidation sites excluding steroid dienone is 3. The number of anilines is 1. The van der Waals surface area contributed by atoms with E-state index in [2.05, 4.69) is 62.2 Å². The minimum atomic E-state index is -0.301. The fourth-order valence-corrected chi connectivity index (χ4v) is 5.79. The van der Waals surface area contributed by atoms with Crippen LogP contribution in [0.25, 0.3) is 0 Å². The highest BCUT2D eigenvalue weighted by Crippen LogP contribution is 2.47. The van der Waals surface area contributed by atoms with Crippen LogP contribution in [-0.4, -0.2) is 42.8 Å². The van der Waals surface area contributed by atoms with E-state index < -0.39 is 0 Å². The molecule has 2 heterocycles. The molecule has 5 heteroatoms. The van der Waals surface area contributed by atoms with Crippen LogP contribution < -0.4 is 10.2 Å². The highest BCUT2D eigenvalue weighted by atomic mass is 16.2. The predicted molar refractivity (Wildman–Crippen MR) is 134 cm³/mol. The van der Waals surface area contributed by atoms with Crippen molar-refractivity contribution in [3.8, 4) is 0 Å². The average molecular weight is 450 g/mol. The summed E-state index contributed by atoms with van der Waals surface area (Å²) < 4.78 is 0. The first-order valence-corrected chi connectivity index (χ1v) is 12.6. The molecule has 178 valence electrons. The molecule has 0 spiro atoms.